The predicted molar refractivity (Wildman–Crippen MR) is 83.2 cm³/mol. The molecule has 0 fully saturated rings. The molecule has 106 valence electrons. The molecule has 2 aromatic rings. The van der Waals surface area contributed by atoms with E-state index in [0.29, 0.717) is 10.6 Å². The summed E-state index contributed by atoms with van der Waals surface area (Å²) in [4.78, 5) is 5.01. The fraction of sp³-hybridized carbons (Fsp3) is 0.167. The number of hydrogen-bond donors (Lipinski definition) is 2. The standard InChI is InChI=1S/C12H13N3O2S3/c1-8-3-2-4-9(15-8)7-14-20(16,17)11-6-5-10(19-11)12(13)18/h2-6,14H,7H2,1H3,(H2,13,18). The van der Waals surface area contributed by atoms with Gasteiger partial charge in [-0.05, 0) is 31.2 Å². The summed E-state index contributed by atoms with van der Waals surface area (Å²) in [6.07, 6.45) is 0. The molecule has 0 amide bonds. The van der Waals surface area contributed by atoms with Crippen LogP contribution in [0.4, 0.5) is 0 Å². The monoisotopic (exact) mass is 327 g/mol. The van der Waals surface area contributed by atoms with Crippen LogP contribution in [0.25, 0.3) is 0 Å². The number of sulfonamides is 1. The number of thiophene rings is 1. The molecule has 0 aliphatic rings. The van der Waals surface area contributed by atoms with Gasteiger partial charge in [0.25, 0.3) is 0 Å². The number of nitrogens with one attached hydrogen (secondary N) is 1. The molecule has 5 nitrogen and oxygen atoms in total. The van der Waals surface area contributed by atoms with Crippen molar-refractivity contribution in [3.63, 3.8) is 0 Å². The van der Waals surface area contributed by atoms with E-state index < -0.39 is 10.0 Å². The van der Waals surface area contributed by atoms with Crippen LogP contribution in [-0.2, 0) is 16.6 Å². The SMILES string of the molecule is Cc1cccc(CNS(=O)(=O)c2ccc(C(N)=S)s2)n1. The van der Waals surface area contributed by atoms with Gasteiger partial charge in [-0.15, -0.1) is 11.3 Å². The minimum absolute atomic E-state index is 0.143. The maximum Gasteiger partial charge on any atom is 0.250 e. The zero-order valence-corrected chi connectivity index (χ0v) is 13.1. The van der Waals surface area contributed by atoms with E-state index in [1.54, 1.807) is 12.1 Å². The van der Waals surface area contributed by atoms with Crippen molar-refractivity contribution in [1.29, 1.82) is 0 Å². The molecule has 2 heterocycles. The molecule has 0 atom stereocenters. The summed E-state index contributed by atoms with van der Waals surface area (Å²) in [5.41, 5.74) is 6.98. The quantitative estimate of drug-likeness (QED) is 0.814. The van der Waals surface area contributed by atoms with Gasteiger partial charge >= 0.3 is 0 Å². The maximum atomic E-state index is 12.1. The van der Waals surface area contributed by atoms with E-state index in [1.165, 1.54) is 6.07 Å². The van der Waals surface area contributed by atoms with E-state index in [2.05, 4.69) is 9.71 Å². The Balaban J connectivity index is 2.12. The molecular formula is C12H13N3O2S3. The molecule has 3 N–H and O–H groups in total. The summed E-state index contributed by atoms with van der Waals surface area (Å²) >= 11 is 5.87. The molecule has 0 saturated carbocycles. The molecule has 0 aliphatic heterocycles. The first kappa shape index (κ1) is 15.0. The number of rotatable bonds is 5. The normalized spacial score (nSPS) is 11.4. The molecule has 0 aromatic carbocycles. The minimum atomic E-state index is -3.57. The largest absolute Gasteiger partial charge is 0.389 e. The second-order valence-corrected chi connectivity index (χ2v) is 7.60. The summed E-state index contributed by atoms with van der Waals surface area (Å²) in [6, 6.07) is 8.55. The highest BCUT2D eigenvalue weighted by molar-refractivity contribution is 7.91. The number of nitrogens with zero attached hydrogens (tertiary/aromatic N) is 1. The summed E-state index contributed by atoms with van der Waals surface area (Å²) in [5, 5.41) is 0. The van der Waals surface area contributed by atoms with Gasteiger partial charge < -0.3 is 5.73 Å². The van der Waals surface area contributed by atoms with Crippen molar-refractivity contribution in [3.05, 3.63) is 46.6 Å². The topological polar surface area (TPSA) is 85.1 Å². The molecule has 0 unspecified atom stereocenters. The lowest BCUT2D eigenvalue weighted by atomic mass is 10.3. The first-order valence-corrected chi connectivity index (χ1v) is 8.41. The van der Waals surface area contributed by atoms with Crippen molar-refractivity contribution in [1.82, 2.24) is 9.71 Å². The van der Waals surface area contributed by atoms with Gasteiger partial charge in [-0.25, -0.2) is 13.1 Å². The van der Waals surface area contributed by atoms with E-state index >= 15 is 0 Å². The fourth-order valence-electron chi connectivity index (χ4n) is 1.54. The Bertz CT molecular complexity index is 738. The third-order valence-corrected chi connectivity index (χ3v) is 5.84. The highest BCUT2D eigenvalue weighted by Gasteiger charge is 2.17. The lowest BCUT2D eigenvalue weighted by Crippen LogP contribution is -2.23. The number of nitrogens with two attached hydrogens (primary N) is 1. The second kappa shape index (κ2) is 5.96. The molecule has 0 radical (unpaired) electrons. The Hall–Kier alpha value is -1.35. The van der Waals surface area contributed by atoms with Crippen LogP contribution in [0.2, 0.25) is 0 Å². The highest BCUT2D eigenvalue weighted by atomic mass is 32.2. The van der Waals surface area contributed by atoms with Crippen LogP contribution in [0.3, 0.4) is 0 Å². The molecular weight excluding hydrogens is 314 g/mol. The molecule has 0 saturated heterocycles. The van der Waals surface area contributed by atoms with Crippen LogP contribution in [0.5, 0.6) is 0 Å². The highest BCUT2D eigenvalue weighted by Crippen LogP contribution is 2.21. The maximum absolute atomic E-state index is 12.1. The number of pyridine rings is 1. The van der Waals surface area contributed by atoms with Crippen LogP contribution in [0.15, 0.2) is 34.5 Å². The van der Waals surface area contributed by atoms with E-state index in [-0.39, 0.29) is 15.7 Å². The Morgan fingerprint density at radius 1 is 1.40 bits per heavy atom. The fourth-order valence-corrected chi connectivity index (χ4v) is 3.93. The van der Waals surface area contributed by atoms with Crippen molar-refractivity contribution in [2.45, 2.75) is 17.7 Å². The molecule has 0 aliphatic carbocycles. The van der Waals surface area contributed by atoms with Gasteiger partial charge in [-0.1, -0.05) is 18.3 Å². The molecule has 20 heavy (non-hydrogen) atoms. The molecule has 2 aromatic heterocycles. The summed E-state index contributed by atoms with van der Waals surface area (Å²) < 4.78 is 26.9. The zero-order valence-electron chi connectivity index (χ0n) is 10.7. The van der Waals surface area contributed by atoms with Crippen LogP contribution in [0.1, 0.15) is 16.3 Å². The average Bonchev–Trinajstić information content (AvgIpc) is 2.87. The average molecular weight is 327 g/mol. The van der Waals surface area contributed by atoms with Crippen molar-refractivity contribution in [2.24, 2.45) is 5.73 Å². The first-order valence-electron chi connectivity index (χ1n) is 5.70. The number of aromatic nitrogens is 1. The van der Waals surface area contributed by atoms with E-state index in [1.807, 2.05) is 19.1 Å². The van der Waals surface area contributed by atoms with Gasteiger partial charge in [0.05, 0.1) is 17.1 Å². The number of hydrogen-bond acceptors (Lipinski definition) is 5. The van der Waals surface area contributed by atoms with E-state index in [4.69, 9.17) is 18.0 Å². The Morgan fingerprint density at radius 3 is 2.75 bits per heavy atom. The van der Waals surface area contributed by atoms with Gasteiger partial charge in [0.2, 0.25) is 10.0 Å². The van der Waals surface area contributed by atoms with Crippen molar-refractivity contribution in [2.75, 3.05) is 0 Å². The van der Waals surface area contributed by atoms with Crippen LogP contribution >= 0.6 is 23.6 Å². The van der Waals surface area contributed by atoms with Gasteiger partial charge in [-0.3, -0.25) is 4.98 Å². The predicted octanol–water partition coefficient (Wildman–Crippen LogP) is 1.56. The van der Waals surface area contributed by atoms with Gasteiger partial charge in [-0.2, -0.15) is 0 Å². The van der Waals surface area contributed by atoms with Crippen molar-refractivity contribution >= 4 is 38.6 Å². The zero-order chi connectivity index (χ0) is 14.8. The van der Waals surface area contributed by atoms with E-state index in [0.717, 1.165) is 17.0 Å². The van der Waals surface area contributed by atoms with Crippen molar-refractivity contribution in [3.8, 4) is 0 Å². The molecule has 8 heteroatoms. The van der Waals surface area contributed by atoms with Crippen LogP contribution < -0.4 is 10.5 Å². The third-order valence-electron chi connectivity index (χ3n) is 2.48. The summed E-state index contributed by atoms with van der Waals surface area (Å²) in [6.45, 7) is 2.00. The third kappa shape index (κ3) is 3.60. The van der Waals surface area contributed by atoms with Gasteiger partial charge in [0, 0.05) is 5.69 Å². The Morgan fingerprint density at radius 2 is 2.15 bits per heavy atom. The second-order valence-electron chi connectivity index (χ2n) is 4.08. The molecule has 0 spiro atoms. The molecule has 0 bridgehead atoms. The van der Waals surface area contributed by atoms with E-state index in [9.17, 15) is 8.42 Å². The number of thiocarbonyl (C=S) groups is 1. The Labute approximate surface area is 126 Å². The molecule has 2 rings (SSSR count). The lowest BCUT2D eigenvalue weighted by molar-refractivity contribution is 0.582. The summed E-state index contributed by atoms with van der Waals surface area (Å²) in [5.74, 6) is 0. The lowest BCUT2D eigenvalue weighted by Gasteiger charge is -2.04. The first-order chi connectivity index (χ1) is 9.38. The minimum Gasteiger partial charge on any atom is -0.389 e. The Kier molecular flexibility index (Phi) is 4.48. The summed E-state index contributed by atoms with van der Waals surface area (Å²) in [7, 11) is -3.57. The van der Waals surface area contributed by atoms with Crippen LogP contribution in [-0.4, -0.2) is 18.4 Å². The van der Waals surface area contributed by atoms with Crippen LogP contribution in [0, 0.1) is 6.92 Å². The van der Waals surface area contributed by atoms with Gasteiger partial charge in [0.1, 0.15) is 9.20 Å². The smallest absolute Gasteiger partial charge is 0.250 e. The van der Waals surface area contributed by atoms with Crippen molar-refractivity contribution < 1.29 is 8.42 Å². The number of aryl methyl sites for hydroxylation is 1. The van der Waals surface area contributed by atoms with Gasteiger partial charge in [0.15, 0.2) is 0 Å².